The van der Waals surface area contributed by atoms with E-state index in [2.05, 4.69) is 10.6 Å². The van der Waals surface area contributed by atoms with E-state index in [4.69, 9.17) is 16.3 Å². The summed E-state index contributed by atoms with van der Waals surface area (Å²) >= 11 is 7.23. The van der Waals surface area contributed by atoms with E-state index >= 15 is 0 Å². The number of carbonyl (C=O) groups is 3. The summed E-state index contributed by atoms with van der Waals surface area (Å²) < 4.78 is 5.00. The summed E-state index contributed by atoms with van der Waals surface area (Å²) in [5, 5.41) is 5.53. The van der Waals surface area contributed by atoms with Gasteiger partial charge in [0.15, 0.2) is 6.61 Å². The number of anilines is 1. The van der Waals surface area contributed by atoms with Crippen molar-refractivity contribution in [1.82, 2.24) is 5.32 Å². The summed E-state index contributed by atoms with van der Waals surface area (Å²) in [7, 11) is 0. The average molecular weight is 419 g/mol. The number of esters is 1. The number of benzene rings is 2. The van der Waals surface area contributed by atoms with Crippen LogP contribution in [0, 0.1) is 0 Å². The molecule has 28 heavy (non-hydrogen) atoms. The lowest BCUT2D eigenvalue weighted by atomic mass is 10.1. The molecule has 0 fully saturated rings. The van der Waals surface area contributed by atoms with E-state index in [0.29, 0.717) is 18.0 Å². The number of ether oxygens (including phenoxy) is 1. The number of halogens is 1. The van der Waals surface area contributed by atoms with Crippen molar-refractivity contribution in [3.05, 3.63) is 59.1 Å². The maximum atomic E-state index is 12.1. The van der Waals surface area contributed by atoms with Crippen molar-refractivity contribution in [2.45, 2.75) is 23.0 Å². The van der Waals surface area contributed by atoms with Crippen LogP contribution in [0.2, 0.25) is 5.02 Å². The molecule has 0 saturated heterocycles. The first kappa shape index (κ1) is 20.2. The third-order valence-corrected chi connectivity index (χ3v) is 5.56. The summed E-state index contributed by atoms with van der Waals surface area (Å²) in [6, 6.07) is 14.8. The van der Waals surface area contributed by atoms with Gasteiger partial charge in [-0.15, -0.1) is 11.8 Å². The number of hydrogen-bond acceptors (Lipinski definition) is 5. The van der Waals surface area contributed by atoms with Crippen LogP contribution >= 0.6 is 23.4 Å². The van der Waals surface area contributed by atoms with E-state index in [1.54, 1.807) is 6.07 Å². The molecule has 146 valence electrons. The van der Waals surface area contributed by atoms with Gasteiger partial charge in [-0.3, -0.25) is 14.4 Å². The lowest BCUT2D eigenvalue weighted by molar-refractivity contribution is -0.149. The zero-order valence-corrected chi connectivity index (χ0v) is 16.5. The van der Waals surface area contributed by atoms with Crippen LogP contribution in [0.1, 0.15) is 12.0 Å². The predicted octanol–water partition coefficient (Wildman–Crippen LogP) is 3.05. The summed E-state index contributed by atoms with van der Waals surface area (Å²) in [5.41, 5.74) is 1.74. The molecule has 0 spiro atoms. The van der Waals surface area contributed by atoms with Crippen molar-refractivity contribution in [3.8, 4) is 0 Å². The summed E-state index contributed by atoms with van der Waals surface area (Å²) in [4.78, 5) is 36.8. The van der Waals surface area contributed by atoms with E-state index in [9.17, 15) is 14.4 Å². The molecule has 2 amide bonds. The molecule has 0 unspecified atom stereocenters. The van der Waals surface area contributed by atoms with Crippen molar-refractivity contribution in [1.29, 1.82) is 0 Å². The van der Waals surface area contributed by atoms with Crippen LogP contribution in [0.4, 0.5) is 5.69 Å². The molecular weight excluding hydrogens is 400 g/mol. The molecule has 0 aromatic heterocycles. The van der Waals surface area contributed by atoms with Gasteiger partial charge in [0.05, 0.1) is 17.4 Å². The quantitative estimate of drug-likeness (QED) is 0.675. The lowest BCUT2D eigenvalue weighted by Crippen LogP contribution is -2.33. The molecule has 0 radical (unpaired) electrons. The molecular formula is C20H19ClN2O4S. The highest BCUT2D eigenvalue weighted by Gasteiger charge is 2.29. The minimum atomic E-state index is -0.586. The van der Waals surface area contributed by atoms with Gasteiger partial charge < -0.3 is 15.4 Å². The van der Waals surface area contributed by atoms with Crippen LogP contribution in [0.5, 0.6) is 0 Å². The summed E-state index contributed by atoms with van der Waals surface area (Å²) in [6.07, 6.45) is 0.527. The highest BCUT2D eigenvalue weighted by molar-refractivity contribution is 8.01. The largest absolute Gasteiger partial charge is 0.456 e. The minimum Gasteiger partial charge on any atom is -0.456 e. The molecule has 8 heteroatoms. The standard InChI is InChI=1S/C20H19ClN2O4S/c21-14-5-3-4-13(10-14)8-9-22-18(24)12-27-19(25)11-17-20(26)23-15-6-1-2-7-16(15)28-17/h1-7,10,17H,8-9,11-12H2,(H,22,24)(H,23,26)/t17-/m0/s1. The Hall–Kier alpha value is -2.51. The first-order chi connectivity index (χ1) is 13.5. The lowest BCUT2D eigenvalue weighted by Gasteiger charge is -2.23. The third-order valence-electron chi connectivity index (χ3n) is 4.05. The number of carbonyl (C=O) groups excluding carboxylic acids is 3. The summed E-state index contributed by atoms with van der Waals surface area (Å²) in [6.45, 7) is 0.0400. The fraction of sp³-hybridized carbons (Fsp3) is 0.250. The smallest absolute Gasteiger partial charge is 0.307 e. The number of fused-ring (bicyclic) bond motifs is 1. The fourth-order valence-electron chi connectivity index (χ4n) is 2.67. The molecule has 2 aromatic rings. The Bertz CT molecular complexity index is 890. The van der Waals surface area contributed by atoms with Gasteiger partial charge in [-0.05, 0) is 36.2 Å². The second kappa shape index (κ2) is 9.61. The van der Waals surface area contributed by atoms with Gasteiger partial charge >= 0.3 is 5.97 Å². The molecule has 6 nitrogen and oxygen atoms in total. The fourth-order valence-corrected chi connectivity index (χ4v) is 3.98. The van der Waals surface area contributed by atoms with Crippen LogP contribution in [0.25, 0.3) is 0 Å². The second-order valence-corrected chi connectivity index (χ2v) is 7.87. The van der Waals surface area contributed by atoms with Crippen molar-refractivity contribution < 1.29 is 19.1 Å². The highest BCUT2D eigenvalue weighted by atomic mass is 35.5. The van der Waals surface area contributed by atoms with Crippen LogP contribution < -0.4 is 10.6 Å². The highest BCUT2D eigenvalue weighted by Crippen LogP contribution is 2.36. The summed E-state index contributed by atoms with van der Waals surface area (Å²) in [5.74, 6) is -1.22. The van der Waals surface area contributed by atoms with Crippen LogP contribution in [0.15, 0.2) is 53.4 Å². The third kappa shape index (κ3) is 5.74. The van der Waals surface area contributed by atoms with Crippen molar-refractivity contribution >= 4 is 46.8 Å². The molecule has 1 atom stereocenters. The molecule has 3 rings (SSSR count). The SMILES string of the molecule is O=C(COC(=O)C[C@@H]1Sc2ccccc2NC1=O)NCCc1cccc(Cl)c1. The van der Waals surface area contributed by atoms with Gasteiger partial charge in [-0.25, -0.2) is 0 Å². The topological polar surface area (TPSA) is 84.5 Å². The maximum absolute atomic E-state index is 12.1. The van der Waals surface area contributed by atoms with Gasteiger partial charge in [-0.2, -0.15) is 0 Å². The Morgan fingerprint density at radius 2 is 2.00 bits per heavy atom. The second-order valence-electron chi connectivity index (χ2n) is 6.19. The van der Waals surface area contributed by atoms with Crippen molar-refractivity contribution in [2.75, 3.05) is 18.5 Å². The van der Waals surface area contributed by atoms with E-state index in [1.165, 1.54) is 11.8 Å². The monoisotopic (exact) mass is 418 g/mol. The van der Waals surface area contributed by atoms with Gasteiger partial charge in [0.25, 0.3) is 5.91 Å². The Morgan fingerprint density at radius 3 is 2.82 bits per heavy atom. The first-order valence-electron chi connectivity index (χ1n) is 8.74. The number of rotatable bonds is 7. The zero-order valence-electron chi connectivity index (χ0n) is 14.9. The normalized spacial score (nSPS) is 15.3. The number of amides is 2. The molecule has 1 heterocycles. The Labute approximate surface area is 172 Å². The van der Waals surface area contributed by atoms with Gasteiger partial charge in [0, 0.05) is 16.5 Å². The number of hydrogen-bond donors (Lipinski definition) is 2. The van der Waals surface area contributed by atoms with E-state index in [1.807, 2.05) is 42.5 Å². The molecule has 1 aliphatic heterocycles. The molecule has 0 aliphatic carbocycles. The van der Waals surface area contributed by atoms with E-state index in [0.717, 1.165) is 16.1 Å². The van der Waals surface area contributed by atoms with Crippen LogP contribution in [0.3, 0.4) is 0 Å². The Morgan fingerprint density at radius 1 is 1.18 bits per heavy atom. The zero-order chi connectivity index (χ0) is 19.9. The number of thioether (sulfide) groups is 1. The molecule has 2 N–H and O–H groups in total. The van der Waals surface area contributed by atoms with Gasteiger partial charge in [-0.1, -0.05) is 35.9 Å². The molecule has 0 bridgehead atoms. The predicted molar refractivity (Wildman–Crippen MR) is 108 cm³/mol. The number of para-hydroxylation sites is 1. The molecule has 2 aromatic carbocycles. The Balaban J connectivity index is 1.38. The van der Waals surface area contributed by atoms with Crippen LogP contribution in [-0.4, -0.2) is 36.2 Å². The molecule has 0 saturated carbocycles. The Kier molecular flexibility index (Phi) is 6.95. The van der Waals surface area contributed by atoms with E-state index in [-0.39, 0.29) is 24.8 Å². The van der Waals surface area contributed by atoms with E-state index < -0.39 is 11.2 Å². The minimum absolute atomic E-state index is 0.0966. The van der Waals surface area contributed by atoms with Gasteiger partial charge in [0.2, 0.25) is 5.91 Å². The number of nitrogens with one attached hydrogen (secondary N) is 2. The molecule has 1 aliphatic rings. The first-order valence-corrected chi connectivity index (χ1v) is 10.0. The average Bonchev–Trinajstić information content (AvgIpc) is 2.67. The van der Waals surface area contributed by atoms with Crippen LogP contribution in [-0.2, 0) is 25.5 Å². The van der Waals surface area contributed by atoms with Crippen molar-refractivity contribution in [2.24, 2.45) is 0 Å². The maximum Gasteiger partial charge on any atom is 0.307 e. The van der Waals surface area contributed by atoms with Gasteiger partial charge in [0.1, 0.15) is 0 Å². The van der Waals surface area contributed by atoms with Crippen molar-refractivity contribution in [3.63, 3.8) is 0 Å².